The minimum Gasteiger partial charge on any atom is -0.337 e. The van der Waals surface area contributed by atoms with E-state index in [1.165, 1.54) is 25.7 Å². The van der Waals surface area contributed by atoms with Crippen molar-refractivity contribution in [2.24, 2.45) is 5.41 Å². The molecule has 2 aliphatic heterocycles. The van der Waals surface area contributed by atoms with Crippen molar-refractivity contribution < 1.29 is 4.79 Å². The van der Waals surface area contributed by atoms with Crippen LogP contribution in [0.1, 0.15) is 45.4 Å². The van der Waals surface area contributed by atoms with Gasteiger partial charge in [-0.1, -0.05) is 19.8 Å². The minimum atomic E-state index is 0.142. The molecule has 0 bridgehead atoms. The molecule has 0 aliphatic carbocycles. The van der Waals surface area contributed by atoms with Crippen LogP contribution in [0, 0.1) is 5.41 Å². The van der Waals surface area contributed by atoms with Crippen LogP contribution in [0.5, 0.6) is 0 Å². The number of piperidine rings is 1. The first kappa shape index (κ1) is 13.7. The Morgan fingerprint density at radius 2 is 1.94 bits per heavy atom. The molecule has 104 valence electrons. The van der Waals surface area contributed by atoms with Crippen molar-refractivity contribution in [3.63, 3.8) is 0 Å². The third-order valence-electron chi connectivity index (χ3n) is 4.25. The summed E-state index contributed by atoms with van der Waals surface area (Å²) in [7, 11) is 0. The lowest BCUT2D eigenvalue weighted by atomic mass is 9.83. The van der Waals surface area contributed by atoms with E-state index >= 15 is 0 Å². The predicted octanol–water partition coefficient (Wildman–Crippen LogP) is 1.96. The molecule has 1 atom stereocenters. The molecule has 2 rings (SSSR count). The smallest absolute Gasteiger partial charge is 0.317 e. The van der Waals surface area contributed by atoms with E-state index in [1.807, 2.05) is 4.90 Å². The second kappa shape index (κ2) is 6.41. The van der Waals surface area contributed by atoms with Gasteiger partial charge in [0.1, 0.15) is 0 Å². The molecule has 2 heterocycles. The number of likely N-dealkylation sites (tertiary alicyclic amines) is 1. The highest BCUT2D eigenvalue weighted by atomic mass is 16.2. The standard InChI is InChI=1S/C14H27N3O/c1-14(7-6-8-15-11-14)12-16-13(18)17-9-4-2-3-5-10-17/h15H,2-12H2,1H3,(H,16,18). The third kappa shape index (κ3) is 3.87. The Bertz CT molecular complexity index is 266. The number of hydrogen-bond acceptors (Lipinski definition) is 2. The number of nitrogens with one attached hydrogen (secondary N) is 2. The van der Waals surface area contributed by atoms with E-state index in [0.717, 1.165) is 45.6 Å². The fourth-order valence-electron chi connectivity index (χ4n) is 2.94. The lowest BCUT2D eigenvalue weighted by Gasteiger charge is -2.35. The molecule has 4 heteroatoms. The average molecular weight is 253 g/mol. The van der Waals surface area contributed by atoms with Crippen LogP contribution in [0.2, 0.25) is 0 Å². The van der Waals surface area contributed by atoms with E-state index in [9.17, 15) is 4.79 Å². The molecule has 2 fully saturated rings. The van der Waals surface area contributed by atoms with Crippen molar-refractivity contribution in [1.29, 1.82) is 0 Å². The number of carbonyl (C=O) groups is 1. The van der Waals surface area contributed by atoms with Gasteiger partial charge in [0.15, 0.2) is 0 Å². The van der Waals surface area contributed by atoms with Crippen molar-refractivity contribution in [2.75, 3.05) is 32.7 Å². The van der Waals surface area contributed by atoms with E-state index in [0.29, 0.717) is 0 Å². The Kier molecular flexibility index (Phi) is 4.87. The lowest BCUT2D eigenvalue weighted by molar-refractivity contribution is 0.182. The minimum absolute atomic E-state index is 0.142. The number of amides is 2. The van der Waals surface area contributed by atoms with Gasteiger partial charge in [-0.3, -0.25) is 0 Å². The first-order chi connectivity index (χ1) is 8.70. The molecule has 2 saturated heterocycles. The van der Waals surface area contributed by atoms with Gasteiger partial charge in [0.05, 0.1) is 0 Å². The second-order valence-corrected chi connectivity index (χ2v) is 6.15. The number of nitrogens with zero attached hydrogens (tertiary/aromatic N) is 1. The van der Waals surface area contributed by atoms with E-state index in [1.54, 1.807) is 0 Å². The van der Waals surface area contributed by atoms with Crippen LogP contribution in [0.25, 0.3) is 0 Å². The van der Waals surface area contributed by atoms with Crippen molar-refractivity contribution in [3.8, 4) is 0 Å². The molecule has 1 unspecified atom stereocenters. The van der Waals surface area contributed by atoms with Crippen LogP contribution in [0.3, 0.4) is 0 Å². The molecule has 2 N–H and O–H groups in total. The van der Waals surface area contributed by atoms with Crippen LogP contribution in [0.4, 0.5) is 4.79 Å². The Labute approximate surface area is 110 Å². The van der Waals surface area contributed by atoms with Gasteiger partial charge in [0.25, 0.3) is 0 Å². The highest BCUT2D eigenvalue weighted by molar-refractivity contribution is 5.74. The van der Waals surface area contributed by atoms with Crippen LogP contribution in [-0.4, -0.2) is 43.7 Å². The van der Waals surface area contributed by atoms with Gasteiger partial charge in [0.2, 0.25) is 0 Å². The van der Waals surface area contributed by atoms with E-state index in [-0.39, 0.29) is 11.4 Å². The Morgan fingerprint density at radius 1 is 1.22 bits per heavy atom. The number of urea groups is 1. The van der Waals surface area contributed by atoms with Gasteiger partial charge in [-0.05, 0) is 37.6 Å². The van der Waals surface area contributed by atoms with Crippen LogP contribution in [-0.2, 0) is 0 Å². The normalized spacial score (nSPS) is 29.7. The molecule has 0 radical (unpaired) electrons. The van der Waals surface area contributed by atoms with Crippen molar-refractivity contribution in [3.05, 3.63) is 0 Å². The van der Waals surface area contributed by atoms with Gasteiger partial charge in [0, 0.05) is 26.2 Å². The van der Waals surface area contributed by atoms with Gasteiger partial charge in [-0.2, -0.15) is 0 Å². The monoisotopic (exact) mass is 253 g/mol. The molecule has 0 aromatic heterocycles. The fourth-order valence-corrected chi connectivity index (χ4v) is 2.94. The van der Waals surface area contributed by atoms with Crippen LogP contribution < -0.4 is 10.6 Å². The molecule has 0 aromatic carbocycles. The summed E-state index contributed by atoms with van der Waals surface area (Å²) >= 11 is 0. The average Bonchev–Trinajstić information content (AvgIpc) is 2.66. The Morgan fingerprint density at radius 3 is 2.56 bits per heavy atom. The Hall–Kier alpha value is -0.770. The predicted molar refractivity (Wildman–Crippen MR) is 73.7 cm³/mol. The summed E-state index contributed by atoms with van der Waals surface area (Å²) in [5.41, 5.74) is 0.236. The summed E-state index contributed by atoms with van der Waals surface area (Å²) in [5, 5.41) is 6.56. The first-order valence-corrected chi connectivity index (χ1v) is 7.43. The third-order valence-corrected chi connectivity index (χ3v) is 4.25. The zero-order valence-corrected chi connectivity index (χ0v) is 11.6. The van der Waals surface area contributed by atoms with Gasteiger partial charge in [-0.25, -0.2) is 4.79 Å². The summed E-state index contributed by atoms with van der Waals surface area (Å²) < 4.78 is 0. The Balaban J connectivity index is 1.76. The SMILES string of the molecule is CC1(CNC(=O)N2CCCCCC2)CCCNC1. The summed E-state index contributed by atoms with van der Waals surface area (Å²) in [6.07, 6.45) is 7.28. The van der Waals surface area contributed by atoms with Gasteiger partial charge >= 0.3 is 6.03 Å². The second-order valence-electron chi connectivity index (χ2n) is 6.15. The lowest BCUT2D eigenvalue weighted by Crippen LogP contribution is -2.49. The largest absolute Gasteiger partial charge is 0.337 e. The molecular formula is C14H27N3O. The van der Waals surface area contributed by atoms with Crippen LogP contribution in [0.15, 0.2) is 0 Å². The van der Waals surface area contributed by atoms with Gasteiger partial charge < -0.3 is 15.5 Å². The molecule has 2 amide bonds. The number of hydrogen-bond donors (Lipinski definition) is 2. The summed E-state index contributed by atoms with van der Waals surface area (Å²) in [4.78, 5) is 14.1. The maximum atomic E-state index is 12.1. The summed E-state index contributed by atoms with van der Waals surface area (Å²) in [6, 6.07) is 0.142. The fraction of sp³-hybridized carbons (Fsp3) is 0.929. The number of rotatable bonds is 2. The molecule has 0 spiro atoms. The van der Waals surface area contributed by atoms with E-state index < -0.39 is 0 Å². The maximum absolute atomic E-state index is 12.1. The molecule has 18 heavy (non-hydrogen) atoms. The quantitative estimate of drug-likeness (QED) is 0.790. The molecule has 0 aromatic rings. The first-order valence-electron chi connectivity index (χ1n) is 7.43. The zero-order valence-electron chi connectivity index (χ0n) is 11.6. The number of carbonyl (C=O) groups excluding carboxylic acids is 1. The highest BCUT2D eigenvalue weighted by Gasteiger charge is 2.27. The van der Waals surface area contributed by atoms with Crippen molar-refractivity contribution in [2.45, 2.75) is 45.4 Å². The molecule has 0 saturated carbocycles. The van der Waals surface area contributed by atoms with Crippen molar-refractivity contribution >= 4 is 6.03 Å². The topological polar surface area (TPSA) is 44.4 Å². The van der Waals surface area contributed by atoms with Gasteiger partial charge in [-0.15, -0.1) is 0 Å². The van der Waals surface area contributed by atoms with Crippen molar-refractivity contribution in [1.82, 2.24) is 15.5 Å². The highest BCUT2D eigenvalue weighted by Crippen LogP contribution is 2.24. The van der Waals surface area contributed by atoms with Crippen LogP contribution >= 0.6 is 0 Å². The van der Waals surface area contributed by atoms with E-state index in [2.05, 4.69) is 17.6 Å². The molecule has 2 aliphatic rings. The summed E-state index contributed by atoms with van der Waals surface area (Å²) in [6.45, 7) is 7.07. The molecule has 4 nitrogen and oxygen atoms in total. The zero-order chi connectivity index (χ0) is 12.8. The summed E-state index contributed by atoms with van der Waals surface area (Å²) in [5.74, 6) is 0. The molecular weight excluding hydrogens is 226 g/mol. The van der Waals surface area contributed by atoms with E-state index in [4.69, 9.17) is 0 Å². The maximum Gasteiger partial charge on any atom is 0.317 e.